The third kappa shape index (κ3) is 3.87. The smallest absolute Gasteiger partial charge is 0.251 e. The first-order valence-corrected chi connectivity index (χ1v) is 6.26. The predicted octanol–water partition coefficient (Wildman–Crippen LogP) is 1.95. The lowest BCUT2D eigenvalue weighted by Gasteiger charge is -2.13. The molecule has 4 nitrogen and oxygen atoms in total. The molecule has 1 aromatic carbocycles. The molecular weight excluding hydrogens is 228 g/mol. The van der Waals surface area contributed by atoms with Crippen molar-refractivity contribution in [2.45, 2.75) is 26.7 Å². The lowest BCUT2D eigenvalue weighted by molar-refractivity contribution is 0.0944. The second-order valence-electron chi connectivity index (χ2n) is 4.33. The molecule has 0 saturated heterocycles. The summed E-state index contributed by atoms with van der Waals surface area (Å²) in [6, 6.07) is 6.35. The molecule has 0 unspecified atom stereocenters. The van der Waals surface area contributed by atoms with Crippen LogP contribution in [0.15, 0.2) is 24.3 Å². The Morgan fingerprint density at radius 3 is 2.06 bits per heavy atom. The maximum Gasteiger partial charge on any atom is 0.251 e. The molecule has 0 aromatic heterocycles. The van der Waals surface area contributed by atoms with Gasteiger partial charge in [0.05, 0.1) is 0 Å². The lowest BCUT2D eigenvalue weighted by atomic mass is 10.0. The lowest BCUT2D eigenvalue weighted by Crippen LogP contribution is -2.28. The number of benzene rings is 1. The first kappa shape index (κ1) is 14.2. The van der Waals surface area contributed by atoms with E-state index in [0.29, 0.717) is 23.6 Å². The van der Waals surface area contributed by atoms with Gasteiger partial charge in [-0.25, -0.2) is 0 Å². The predicted molar refractivity (Wildman–Crippen MR) is 71.4 cm³/mol. The fraction of sp³-hybridized carbons (Fsp3) is 0.429. The van der Waals surface area contributed by atoms with Gasteiger partial charge in [-0.05, 0) is 30.2 Å². The van der Waals surface area contributed by atoms with E-state index in [0.717, 1.165) is 12.8 Å². The third-order valence-electron chi connectivity index (χ3n) is 3.14. The summed E-state index contributed by atoms with van der Waals surface area (Å²) >= 11 is 0. The fourth-order valence-corrected chi connectivity index (χ4v) is 1.70. The van der Waals surface area contributed by atoms with E-state index in [2.05, 4.69) is 19.2 Å². The topological polar surface area (TPSA) is 72.2 Å². The number of hydrogen-bond donors (Lipinski definition) is 2. The van der Waals surface area contributed by atoms with Crippen LogP contribution in [0.25, 0.3) is 0 Å². The summed E-state index contributed by atoms with van der Waals surface area (Å²) in [5.41, 5.74) is 6.09. The molecule has 0 fully saturated rings. The second-order valence-corrected chi connectivity index (χ2v) is 4.33. The van der Waals surface area contributed by atoms with Crippen molar-refractivity contribution in [3.8, 4) is 0 Å². The Bertz CT molecular complexity index is 408. The Hall–Kier alpha value is -1.84. The van der Waals surface area contributed by atoms with E-state index in [9.17, 15) is 9.59 Å². The van der Waals surface area contributed by atoms with Crippen LogP contribution in [0.4, 0.5) is 0 Å². The van der Waals surface area contributed by atoms with Gasteiger partial charge < -0.3 is 11.1 Å². The molecule has 0 saturated carbocycles. The van der Waals surface area contributed by atoms with Crippen LogP contribution in [-0.2, 0) is 0 Å². The zero-order valence-electron chi connectivity index (χ0n) is 10.9. The zero-order chi connectivity index (χ0) is 13.5. The van der Waals surface area contributed by atoms with Crippen LogP contribution in [0, 0.1) is 5.92 Å². The highest BCUT2D eigenvalue weighted by molar-refractivity contribution is 5.97. The van der Waals surface area contributed by atoms with Crippen LogP contribution in [0.5, 0.6) is 0 Å². The van der Waals surface area contributed by atoms with E-state index in [1.165, 1.54) is 0 Å². The van der Waals surface area contributed by atoms with Crippen molar-refractivity contribution in [2.24, 2.45) is 11.7 Å². The van der Waals surface area contributed by atoms with Crippen LogP contribution in [0.3, 0.4) is 0 Å². The van der Waals surface area contributed by atoms with Crippen LogP contribution in [0.1, 0.15) is 47.4 Å². The van der Waals surface area contributed by atoms with Crippen LogP contribution in [-0.4, -0.2) is 18.4 Å². The van der Waals surface area contributed by atoms with Crippen LogP contribution < -0.4 is 11.1 Å². The Morgan fingerprint density at radius 2 is 1.61 bits per heavy atom. The minimum absolute atomic E-state index is 0.113. The van der Waals surface area contributed by atoms with Gasteiger partial charge in [-0.1, -0.05) is 26.7 Å². The minimum Gasteiger partial charge on any atom is -0.366 e. The molecule has 98 valence electrons. The first-order valence-electron chi connectivity index (χ1n) is 6.26. The quantitative estimate of drug-likeness (QED) is 0.807. The molecule has 0 aliphatic rings. The van der Waals surface area contributed by atoms with Gasteiger partial charge >= 0.3 is 0 Å². The number of rotatable bonds is 6. The molecule has 0 aliphatic heterocycles. The summed E-state index contributed by atoms with van der Waals surface area (Å²) in [5, 5.41) is 2.89. The van der Waals surface area contributed by atoms with Crippen molar-refractivity contribution in [3.63, 3.8) is 0 Å². The van der Waals surface area contributed by atoms with Crippen molar-refractivity contribution in [3.05, 3.63) is 35.4 Å². The van der Waals surface area contributed by atoms with Crippen molar-refractivity contribution >= 4 is 11.8 Å². The highest BCUT2D eigenvalue weighted by Gasteiger charge is 2.09. The van der Waals surface area contributed by atoms with Gasteiger partial charge in [0.25, 0.3) is 5.91 Å². The summed E-state index contributed by atoms with van der Waals surface area (Å²) in [5.74, 6) is -0.0873. The highest BCUT2D eigenvalue weighted by Crippen LogP contribution is 2.07. The number of amides is 2. The van der Waals surface area contributed by atoms with Crippen molar-refractivity contribution < 1.29 is 9.59 Å². The number of carbonyl (C=O) groups is 2. The zero-order valence-corrected chi connectivity index (χ0v) is 10.9. The van der Waals surface area contributed by atoms with Crippen LogP contribution >= 0.6 is 0 Å². The summed E-state index contributed by atoms with van der Waals surface area (Å²) in [6.45, 7) is 4.91. The van der Waals surface area contributed by atoms with Gasteiger partial charge in [0.2, 0.25) is 5.91 Å². The third-order valence-corrected chi connectivity index (χ3v) is 3.14. The number of hydrogen-bond acceptors (Lipinski definition) is 2. The molecule has 0 bridgehead atoms. The van der Waals surface area contributed by atoms with E-state index in [4.69, 9.17) is 5.73 Å². The summed E-state index contributed by atoms with van der Waals surface area (Å²) < 4.78 is 0. The molecule has 0 radical (unpaired) electrons. The SMILES string of the molecule is CCC(CC)CNC(=O)c1ccc(C(N)=O)cc1. The normalized spacial score (nSPS) is 10.4. The van der Waals surface area contributed by atoms with Gasteiger partial charge in [-0.15, -0.1) is 0 Å². The molecular formula is C14H20N2O2. The van der Waals surface area contributed by atoms with E-state index < -0.39 is 5.91 Å². The highest BCUT2D eigenvalue weighted by atomic mass is 16.2. The minimum atomic E-state index is -0.487. The Kier molecular flexibility index (Phi) is 5.36. The average Bonchev–Trinajstić information content (AvgIpc) is 2.39. The Morgan fingerprint density at radius 1 is 1.11 bits per heavy atom. The van der Waals surface area contributed by atoms with Crippen LogP contribution in [0.2, 0.25) is 0 Å². The molecule has 0 spiro atoms. The molecule has 4 heteroatoms. The van der Waals surface area contributed by atoms with Crippen molar-refractivity contribution in [1.29, 1.82) is 0 Å². The van der Waals surface area contributed by atoms with Gasteiger partial charge in [-0.3, -0.25) is 9.59 Å². The van der Waals surface area contributed by atoms with Gasteiger partial charge in [0, 0.05) is 17.7 Å². The fourth-order valence-electron chi connectivity index (χ4n) is 1.70. The molecule has 18 heavy (non-hydrogen) atoms. The van der Waals surface area contributed by atoms with E-state index in [1.54, 1.807) is 24.3 Å². The summed E-state index contributed by atoms with van der Waals surface area (Å²) in [6.07, 6.45) is 2.11. The van der Waals surface area contributed by atoms with E-state index in [-0.39, 0.29) is 5.91 Å². The maximum absolute atomic E-state index is 11.8. The number of primary amides is 1. The van der Waals surface area contributed by atoms with Gasteiger partial charge in [-0.2, -0.15) is 0 Å². The maximum atomic E-state index is 11.8. The summed E-state index contributed by atoms with van der Waals surface area (Å²) in [4.78, 5) is 22.7. The molecule has 0 heterocycles. The first-order chi connectivity index (χ1) is 8.58. The standard InChI is InChI=1S/C14H20N2O2/c1-3-10(4-2)9-16-14(18)12-7-5-11(6-8-12)13(15)17/h5-8,10H,3-4,9H2,1-2H3,(H2,15,17)(H,16,18). The number of nitrogens with two attached hydrogens (primary N) is 1. The molecule has 1 aromatic rings. The number of carbonyl (C=O) groups excluding carboxylic acids is 2. The van der Waals surface area contributed by atoms with Crippen molar-refractivity contribution in [2.75, 3.05) is 6.54 Å². The van der Waals surface area contributed by atoms with E-state index >= 15 is 0 Å². The van der Waals surface area contributed by atoms with Gasteiger partial charge in [0.1, 0.15) is 0 Å². The average molecular weight is 248 g/mol. The largest absolute Gasteiger partial charge is 0.366 e. The van der Waals surface area contributed by atoms with Gasteiger partial charge in [0.15, 0.2) is 0 Å². The molecule has 1 rings (SSSR count). The monoisotopic (exact) mass is 248 g/mol. The van der Waals surface area contributed by atoms with E-state index in [1.807, 2.05) is 0 Å². The van der Waals surface area contributed by atoms with Crippen molar-refractivity contribution in [1.82, 2.24) is 5.32 Å². The Balaban J connectivity index is 2.59. The molecule has 2 amide bonds. The second kappa shape index (κ2) is 6.79. The molecule has 0 aliphatic carbocycles. The number of nitrogens with one attached hydrogen (secondary N) is 1. The summed E-state index contributed by atoms with van der Waals surface area (Å²) in [7, 11) is 0. The molecule has 0 atom stereocenters. The Labute approximate surface area is 108 Å². The molecule has 3 N–H and O–H groups in total.